The zero-order valence-corrected chi connectivity index (χ0v) is 19.0. The summed E-state index contributed by atoms with van der Waals surface area (Å²) in [5.74, 6) is 2.05. The molecule has 0 spiro atoms. The van der Waals surface area contributed by atoms with Gasteiger partial charge in [-0.2, -0.15) is 0 Å². The van der Waals surface area contributed by atoms with Gasteiger partial charge in [0, 0.05) is 49.5 Å². The normalized spacial score (nSPS) is 19.2. The van der Waals surface area contributed by atoms with Crippen LogP contribution in [0.2, 0.25) is 0 Å². The molecule has 1 N–H and O–H groups in total. The van der Waals surface area contributed by atoms with Crippen LogP contribution in [-0.2, 0) is 6.54 Å². The van der Waals surface area contributed by atoms with Gasteiger partial charge in [-0.25, -0.2) is 9.37 Å². The van der Waals surface area contributed by atoms with Crippen molar-refractivity contribution >= 4 is 5.69 Å². The van der Waals surface area contributed by atoms with E-state index < -0.39 is 0 Å². The number of hydrogen-bond acceptors (Lipinski definition) is 3. The van der Waals surface area contributed by atoms with Gasteiger partial charge in [0.05, 0.1) is 11.4 Å². The summed E-state index contributed by atoms with van der Waals surface area (Å²) >= 11 is 0. The fourth-order valence-corrected chi connectivity index (χ4v) is 5.40. The molecule has 33 heavy (non-hydrogen) atoms. The van der Waals surface area contributed by atoms with Crippen LogP contribution in [0.4, 0.5) is 10.1 Å². The number of halogens is 1. The molecule has 5 nitrogen and oxygen atoms in total. The second kappa shape index (κ2) is 7.89. The minimum Gasteiger partial charge on any atom is -0.371 e. The lowest BCUT2D eigenvalue weighted by atomic mass is 9.98. The van der Waals surface area contributed by atoms with Crippen molar-refractivity contribution < 1.29 is 4.39 Å². The summed E-state index contributed by atoms with van der Waals surface area (Å²) in [7, 11) is 2.04. The van der Waals surface area contributed by atoms with Crippen LogP contribution in [0.25, 0.3) is 28.3 Å². The van der Waals surface area contributed by atoms with Crippen molar-refractivity contribution in [3.05, 3.63) is 78.5 Å². The fourth-order valence-electron chi connectivity index (χ4n) is 5.40. The highest BCUT2D eigenvalue weighted by Gasteiger charge is 2.30. The highest BCUT2D eigenvalue weighted by molar-refractivity contribution is 5.72. The van der Waals surface area contributed by atoms with E-state index >= 15 is 0 Å². The summed E-state index contributed by atoms with van der Waals surface area (Å²) in [6.45, 7) is 6.35. The lowest BCUT2D eigenvalue weighted by Gasteiger charge is -2.21. The van der Waals surface area contributed by atoms with E-state index in [1.807, 2.05) is 31.6 Å². The van der Waals surface area contributed by atoms with Crippen LogP contribution in [0.5, 0.6) is 0 Å². The summed E-state index contributed by atoms with van der Waals surface area (Å²) in [6.07, 6.45) is 6.05. The molecule has 0 aliphatic carbocycles. The first-order chi connectivity index (χ1) is 16.1. The van der Waals surface area contributed by atoms with Gasteiger partial charge < -0.3 is 14.8 Å². The van der Waals surface area contributed by atoms with E-state index in [0.29, 0.717) is 11.8 Å². The van der Waals surface area contributed by atoms with Crippen molar-refractivity contribution in [2.24, 2.45) is 11.8 Å². The Hall–Kier alpha value is -3.38. The van der Waals surface area contributed by atoms with E-state index in [1.54, 1.807) is 0 Å². The molecule has 6 rings (SSSR count). The SMILES string of the molecule is CNC[C@@H]1CN(c2ccc3c(c2)Cn2cc(-c4ccc(F)cc4)cc2-c2nccn2-3)C[C@H]1C. The van der Waals surface area contributed by atoms with Crippen LogP contribution in [0.1, 0.15) is 12.5 Å². The standard InChI is InChI=1S/C27H28FN5/c1-18-14-31(17-22(18)13-29-2)24-7-8-25-21(11-24)16-32-15-20(19-3-5-23(28)6-4-19)12-26(32)27-30-9-10-33(25)27/h3-12,15,18,22,29H,13-14,16-17H2,1-2H3/t18-,22-/m1/s1. The smallest absolute Gasteiger partial charge is 0.161 e. The van der Waals surface area contributed by atoms with Crippen LogP contribution in [0.3, 0.4) is 0 Å². The maximum atomic E-state index is 13.4. The van der Waals surface area contributed by atoms with Crippen LogP contribution in [0.15, 0.2) is 67.1 Å². The van der Waals surface area contributed by atoms with Crippen molar-refractivity contribution in [1.29, 1.82) is 0 Å². The molecular formula is C27H28FN5. The topological polar surface area (TPSA) is 38.0 Å². The third-order valence-electron chi connectivity index (χ3n) is 7.21. The Balaban J connectivity index is 1.39. The summed E-state index contributed by atoms with van der Waals surface area (Å²) < 4.78 is 17.9. The zero-order valence-electron chi connectivity index (χ0n) is 19.0. The quantitative estimate of drug-likeness (QED) is 0.435. The predicted molar refractivity (Wildman–Crippen MR) is 130 cm³/mol. The number of imidazole rings is 1. The second-order valence-electron chi connectivity index (χ2n) is 9.38. The average molecular weight is 442 g/mol. The number of nitrogens with one attached hydrogen (secondary N) is 1. The zero-order chi connectivity index (χ0) is 22.5. The van der Waals surface area contributed by atoms with Crippen molar-refractivity contribution in [2.75, 3.05) is 31.6 Å². The first-order valence-electron chi connectivity index (χ1n) is 11.6. The molecule has 1 saturated heterocycles. The molecule has 0 amide bonds. The Morgan fingerprint density at radius 2 is 1.91 bits per heavy atom. The Bertz CT molecular complexity index is 1300. The van der Waals surface area contributed by atoms with E-state index in [0.717, 1.165) is 48.8 Å². The number of anilines is 1. The number of aromatic nitrogens is 3. The average Bonchev–Trinajstić information content (AvgIpc) is 3.52. The molecule has 2 atom stereocenters. The fraction of sp³-hybridized carbons (Fsp3) is 0.296. The van der Waals surface area contributed by atoms with Crippen LogP contribution in [0, 0.1) is 17.7 Å². The summed E-state index contributed by atoms with van der Waals surface area (Å²) in [5.41, 5.74) is 6.89. The van der Waals surface area contributed by atoms with E-state index in [4.69, 9.17) is 0 Å². The molecule has 1 fully saturated rings. The number of rotatable bonds is 4. The molecule has 0 radical (unpaired) electrons. The number of fused-ring (bicyclic) bond motifs is 5. The van der Waals surface area contributed by atoms with Crippen molar-refractivity contribution in [2.45, 2.75) is 13.5 Å². The molecular weight excluding hydrogens is 413 g/mol. The highest BCUT2D eigenvalue weighted by Crippen LogP contribution is 2.36. The Morgan fingerprint density at radius 1 is 1.06 bits per heavy atom. The third kappa shape index (κ3) is 3.45. The molecule has 0 saturated carbocycles. The number of nitrogens with zero attached hydrogens (tertiary/aromatic N) is 4. The lowest BCUT2D eigenvalue weighted by Crippen LogP contribution is -2.25. The summed E-state index contributed by atoms with van der Waals surface area (Å²) in [4.78, 5) is 7.20. The largest absolute Gasteiger partial charge is 0.371 e. The van der Waals surface area contributed by atoms with Crippen LogP contribution < -0.4 is 10.2 Å². The minimum absolute atomic E-state index is 0.218. The minimum atomic E-state index is -0.218. The molecule has 6 heteroatoms. The van der Waals surface area contributed by atoms with Crippen molar-refractivity contribution in [3.8, 4) is 28.3 Å². The van der Waals surface area contributed by atoms with Gasteiger partial charge >= 0.3 is 0 Å². The van der Waals surface area contributed by atoms with Gasteiger partial charge in [0.2, 0.25) is 0 Å². The van der Waals surface area contributed by atoms with Gasteiger partial charge in [-0.1, -0.05) is 19.1 Å². The van der Waals surface area contributed by atoms with Gasteiger partial charge in [0.15, 0.2) is 5.82 Å². The maximum Gasteiger partial charge on any atom is 0.161 e. The highest BCUT2D eigenvalue weighted by atomic mass is 19.1. The van der Waals surface area contributed by atoms with Gasteiger partial charge in [0.1, 0.15) is 5.82 Å². The maximum absolute atomic E-state index is 13.4. The summed E-state index contributed by atoms with van der Waals surface area (Å²) in [5, 5.41) is 3.35. The van der Waals surface area contributed by atoms with Gasteiger partial charge in [0.25, 0.3) is 0 Å². The van der Waals surface area contributed by atoms with Gasteiger partial charge in [-0.05, 0) is 73.0 Å². The van der Waals surface area contributed by atoms with E-state index in [2.05, 4.69) is 61.7 Å². The first kappa shape index (κ1) is 20.2. The monoisotopic (exact) mass is 441 g/mol. The molecule has 0 bridgehead atoms. The Kier molecular flexibility index (Phi) is 4.84. The molecule has 4 heterocycles. The van der Waals surface area contributed by atoms with Gasteiger partial charge in [-0.3, -0.25) is 4.57 Å². The first-order valence-corrected chi connectivity index (χ1v) is 11.6. The third-order valence-corrected chi connectivity index (χ3v) is 7.21. The molecule has 4 aromatic rings. The van der Waals surface area contributed by atoms with Crippen molar-refractivity contribution in [1.82, 2.24) is 19.4 Å². The molecule has 2 aromatic carbocycles. The molecule has 2 aliphatic rings. The molecule has 168 valence electrons. The van der Waals surface area contributed by atoms with E-state index in [1.165, 1.54) is 29.1 Å². The molecule has 2 aliphatic heterocycles. The van der Waals surface area contributed by atoms with Crippen LogP contribution >= 0.6 is 0 Å². The molecule has 0 unspecified atom stereocenters. The predicted octanol–water partition coefficient (Wildman–Crippen LogP) is 4.80. The molecule has 2 aromatic heterocycles. The Labute approximate surface area is 193 Å². The number of benzene rings is 2. The lowest BCUT2D eigenvalue weighted by molar-refractivity contribution is 0.435. The van der Waals surface area contributed by atoms with E-state index in [9.17, 15) is 4.39 Å². The second-order valence-corrected chi connectivity index (χ2v) is 9.38. The van der Waals surface area contributed by atoms with Crippen LogP contribution in [-0.4, -0.2) is 40.8 Å². The van der Waals surface area contributed by atoms with Gasteiger partial charge in [-0.15, -0.1) is 0 Å². The summed E-state index contributed by atoms with van der Waals surface area (Å²) in [6, 6.07) is 15.7. The Morgan fingerprint density at radius 3 is 2.73 bits per heavy atom. The number of hydrogen-bond donors (Lipinski definition) is 1. The van der Waals surface area contributed by atoms with Crippen molar-refractivity contribution in [3.63, 3.8) is 0 Å². The van der Waals surface area contributed by atoms with E-state index in [-0.39, 0.29) is 5.82 Å².